The van der Waals surface area contributed by atoms with Crippen LogP contribution in [0, 0.1) is 0 Å². The molecule has 2 heterocycles. The lowest BCUT2D eigenvalue weighted by Gasteiger charge is -2.35. The largest absolute Gasteiger partial charge is 0.358 e. The number of hydrogen-bond acceptors (Lipinski definition) is 2. The molecule has 1 spiro atoms. The first-order chi connectivity index (χ1) is 9.74. The summed E-state index contributed by atoms with van der Waals surface area (Å²) in [6.45, 7) is 1.51. The first-order valence-corrected chi connectivity index (χ1v) is 8.10. The van der Waals surface area contributed by atoms with Crippen LogP contribution in [-0.4, -0.2) is 24.0 Å². The van der Waals surface area contributed by atoms with E-state index in [1.165, 1.54) is 16.6 Å². The van der Waals surface area contributed by atoms with E-state index in [1.54, 1.807) is 0 Å². The summed E-state index contributed by atoms with van der Waals surface area (Å²) in [5, 5.41) is 1.28. The van der Waals surface area contributed by atoms with Crippen LogP contribution < -0.4 is 0 Å². The summed E-state index contributed by atoms with van der Waals surface area (Å²) in [7, 11) is 0. The summed E-state index contributed by atoms with van der Waals surface area (Å²) >= 11 is 3.53. The van der Waals surface area contributed by atoms with Gasteiger partial charge in [-0.1, -0.05) is 15.9 Å². The number of ether oxygens (including phenoxy) is 2. The highest BCUT2D eigenvalue weighted by Gasteiger charge is 2.40. The Bertz CT molecular complexity index is 620. The maximum atomic E-state index is 5.80. The van der Waals surface area contributed by atoms with Crippen molar-refractivity contribution in [2.45, 2.75) is 37.4 Å². The van der Waals surface area contributed by atoms with E-state index in [0.29, 0.717) is 5.92 Å². The van der Waals surface area contributed by atoms with Crippen LogP contribution in [0.15, 0.2) is 28.7 Å². The molecule has 0 bridgehead atoms. The van der Waals surface area contributed by atoms with E-state index < -0.39 is 0 Å². The third kappa shape index (κ3) is 2.20. The van der Waals surface area contributed by atoms with E-state index in [1.807, 2.05) is 0 Å². The minimum Gasteiger partial charge on any atom is -0.358 e. The zero-order valence-corrected chi connectivity index (χ0v) is 12.9. The van der Waals surface area contributed by atoms with Crippen LogP contribution in [0.2, 0.25) is 0 Å². The molecule has 0 amide bonds. The number of benzene rings is 1. The van der Waals surface area contributed by atoms with Gasteiger partial charge >= 0.3 is 0 Å². The molecule has 4 heteroatoms. The summed E-state index contributed by atoms with van der Waals surface area (Å²) in [6, 6.07) is 8.68. The average molecular weight is 336 g/mol. The Hall–Kier alpha value is -0.840. The minimum atomic E-state index is -0.258. The number of rotatable bonds is 1. The van der Waals surface area contributed by atoms with Gasteiger partial charge in [0.2, 0.25) is 0 Å². The normalized spacial score (nSPS) is 22.9. The summed E-state index contributed by atoms with van der Waals surface area (Å²) in [6.07, 6.45) is 4.29. The van der Waals surface area contributed by atoms with Crippen molar-refractivity contribution in [1.29, 1.82) is 0 Å². The summed E-state index contributed by atoms with van der Waals surface area (Å²) in [4.78, 5) is 3.57. The lowest BCUT2D eigenvalue weighted by molar-refractivity contribution is -0.178. The second kappa shape index (κ2) is 4.86. The van der Waals surface area contributed by atoms with E-state index in [0.717, 1.165) is 43.4 Å². The standard InChI is InChI=1S/C16H18BrNO2/c17-13-1-2-14-12(9-13)10-15(18-14)11-3-5-16(6-4-11)19-7-8-20-16/h1-2,9-11,18H,3-8H2. The molecule has 0 unspecified atom stereocenters. The number of aromatic amines is 1. The Morgan fingerprint density at radius 1 is 1.10 bits per heavy atom. The van der Waals surface area contributed by atoms with Gasteiger partial charge in [-0.2, -0.15) is 0 Å². The zero-order chi connectivity index (χ0) is 13.6. The van der Waals surface area contributed by atoms with Gasteiger partial charge in [0.15, 0.2) is 5.79 Å². The van der Waals surface area contributed by atoms with Crippen molar-refractivity contribution in [2.75, 3.05) is 13.2 Å². The molecule has 106 valence electrons. The smallest absolute Gasteiger partial charge is 0.168 e. The molecule has 0 radical (unpaired) electrons. The number of hydrogen-bond donors (Lipinski definition) is 1. The van der Waals surface area contributed by atoms with E-state index in [2.05, 4.69) is 45.2 Å². The fourth-order valence-corrected chi connectivity index (χ4v) is 3.88. The second-order valence-corrected chi connectivity index (χ2v) is 6.75. The second-order valence-electron chi connectivity index (χ2n) is 5.84. The Morgan fingerprint density at radius 2 is 1.85 bits per heavy atom. The lowest BCUT2D eigenvalue weighted by Crippen LogP contribution is -2.34. The van der Waals surface area contributed by atoms with Crippen molar-refractivity contribution in [3.63, 3.8) is 0 Å². The molecule has 2 aliphatic rings. The molecule has 3 nitrogen and oxygen atoms in total. The number of fused-ring (bicyclic) bond motifs is 1. The number of halogens is 1. The van der Waals surface area contributed by atoms with Gasteiger partial charge in [0.1, 0.15) is 0 Å². The highest BCUT2D eigenvalue weighted by molar-refractivity contribution is 9.10. The summed E-state index contributed by atoms with van der Waals surface area (Å²) in [5.74, 6) is 0.338. The van der Waals surface area contributed by atoms with Gasteiger partial charge in [-0.25, -0.2) is 0 Å². The first kappa shape index (κ1) is 12.9. The number of H-pyrrole nitrogens is 1. The van der Waals surface area contributed by atoms with Crippen LogP contribution in [0.3, 0.4) is 0 Å². The molecular weight excluding hydrogens is 318 g/mol. The number of aromatic nitrogens is 1. The molecule has 1 saturated carbocycles. The van der Waals surface area contributed by atoms with Crippen molar-refractivity contribution in [2.24, 2.45) is 0 Å². The molecule has 1 aromatic heterocycles. The molecule has 1 aliphatic heterocycles. The molecular formula is C16H18BrNO2. The molecule has 2 aromatic rings. The number of nitrogens with one attached hydrogen (secondary N) is 1. The molecule has 1 aromatic carbocycles. The zero-order valence-electron chi connectivity index (χ0n) is 11.3. The minimum absolute atomic E-state index is 0.258. The van der Waals surface area contributed by atoms with Crippen LogP contribution in [-0.2, 0) is 9.47 Å². The molecule has 1 saturated heterocycles. The van der Waals surface area contributed by atoms with E-state index in [4.69, 9.17) is 9.47 Å². The van der Waals surface area contributed by atoms with Crippen LogP contribution in [0.25, 0.3) is 10.9 Å². The van der Waals surface area contributed by atoms with E-state index in [9.17, 15) is 0 Å². The van der Waals surface area contributed by atoms with Crippen molar-refractivity contribution >= 4 is 26.8 Å². The predicted molar refractivity (Wildman–Crippen MR) is 81.8 cm³/mol. The maximum absolute atomic E-state index is 5.80. The van der Waals surface area contributed by atoms with Gasteiger partial charge in [-0.3, -0.25) is 0 Å². The van der Waals surface area contributed by atoms with Gasteiger partial charge in [-0.15, -0.1) is 0 Å². The Kier molecular flexibility index (Phi) is 3.13. The van der Waals surface area contributed by atoms with E-state index in [-0.39, 0.29) is 5.79 Å². The molecule has 1 N–H and O–H groups in total. The molecule has 4 rings (SSSR count). The van der Waals surface area contributed by atoms with Crippen LogP contribution in [0.4, 0.5) is 0 Å². The van der Waals surface area contributed by atoms with Gasteiger partial charge < -0.3 is 14.5 Å². The van der Waals surface area contributed by atoms with Crippen molar-refractivity contribution < 1.29 is 9.47 Å². The van der Waals surface area contributed by atoms with Crippen LogP contribution in [0.5, 0.6) is 0 Å². The third-order valence-electron chi connectivity index (χ3n) is 4.60. The topological polar surface area (TPSA) is 34.2 Å². The average Bonchev–Trinajstić information content (AvgIpc) is 3.06. The fraction of sp³-hybridized carbons (Fsp3) is 0.500. The Morgan fingerprint density at radius 3 is 2.60 bits per heavy atom. The van der Waals surface area contributed by atoms with Gasteiger partial charge in [0.25, 0.3) is 0 Å². The molecule has 0 atom stereocenters. The van der Waals surface area contributed by atoms with Crippen molar-refractivity contribution in [3.8, 4) is 0 Å². The van der Waals surface area contributed by atoms with Crippen molar-refractivity contribution in [3.05, 3.63) is 34.4 Å². The predicted octanol–water partition coefficient (Wildman–Crippen LogP) is 4.33. The molecule has 1 aliphatic carbocycles. The SMILES string of the molecule is Brc1ccc2[nH]c(C3CCC4(CC3)OCCO4)cc2c1. The monoisotopic (exact) mass is 335 g/mol. The summed E-state index contributed by atoms with van der Waals surface area (Å²) < 4.78 is 12.7. The third-order valence-corrected chi connectivity index (χ3v) is 5.10. The fourth-order valence-electron chi connectivity index (χ4n) is 3.50. The summed E-state index contributed by atoms with van der Waals surface area (Å²) in [5.41, 5.74) is 2.57. The van der Waals surface area contributed by atoms with E-state index >= 15 is 0 Å². The Balaban J connectivity index is 1.55. The highest BCUT2D eigenvalue weighted by atomic mass is 79.9. The van der Waals surface area contributed by atoms with Crippen LogP contribution >= 0.6 is 15.9 Å². The van der Waals surface area contributed by atoms with Gasteiger partial charge in [0.05, 0.1) is 13.2 Å². The quantitative estimate of drug-likeness (QED) is 0.841. The Labute approximate surface area is 126 Å². The van der Waals surface area contributed by atoms with Crippen molar-refractivity contribution in [1.82, 2.24) is 4.98 Å². The van der Waals surface area contributed by atoms with Gasteiger partial charge in [0, 0.05) is 33.9 Å². The molecule has 2 fully saturated rings. The molecule has 20 heavy (non-hydrogen) atoms. The lowest BCUT2D eigenvalue weighted by atomic mass is 9.83. The van der Waals surface area contributed by atoms with Gasteiger partial charge in [-0.05, 0) is 43.0 Å². The maximum Gasteiger partial charge on any atom is 0.168 e. The van der Waals surface area contributed by atoms with Crippen LogP contribution in [0.1, 0.15) is 37.3 Å². The first-order valence-electron chi connectivity index (χ1n) is 7.30. The highest BCUT2D eigenvalue weighted by Crippen LogP contribution is 2.42.